The number of anilines is 1. The standard InChI is InChI=1S/C20H23NO5S/c1-12-14(17(22)25-4)16(27-15(12)18(23)26-5)21-19(24)20(2,3)11-13-9-7-6-8-10-13/h6-10H,11H2,1-5H3,(H,21,24). The number of carbonyl (C=O) groups excluding carboxylic acids is 3. The van der Waals surface area contributed by atoms with E-state index in [1.54, 1.807) is 6.92 Å². The molecule has 0 aliphatic carbocycles. The van der Waals surface area contributed by atoms with Crippen molar-refractivity contribution in [2.24, 2.45) is 5.41 Å². The number of rotatable bonds is 6. The average Bonchev–Trinajstić information content (AvgIpc) is 2.96. The highest BCUT2D eigenvalue weighted by Crippen LogP contribution is 2.35. The van der Waals surface area contributed by atoms with Gasteiger partial charge in [-0.1, -0.05) is 44.2 Å². The molecule has 2 aromatic rings. The zero-order chi connectivity index (χ0) is 20.2. The van der Waals surface area contributed by atoms with E-state index in [1.165, 1.54) is 14.2 Å². The van der Waals surface area contributed by atoms with Crippen molar-refractivity contribution in [2.75, 3.05) is 19.5 Å². The third-order valence-corrected chi connectivity index (χ3v) is 5.43. The molecule has 27 heavy (non-hydrogen) atoms. The second-order valence-electron chi connectivity index (χ2n) is 6.74. The predicted octanol–water partition coefficient (Wildman–Crippen LogP) is 3.84. The van der Waals surface area contributed by atoms with Crippen LogP contribution in [0, 0.1) is 12.3 Å². The monoisotopic (exact) mass is 389 g/mol. The van der Waals surface area contributed by atoms with Gasteiger partial charge in [0.2, 0.25) is 5.91 Å². The molecule has 0 atom stereocenters. The highest BCUT2D eigenvalue weighted by molar-refractivity contribution is 7.18. The molecule has 1 aromatic carbocycles. The summed E-state index contributed by atoms with van der Waals surface area (Å²) >= 11 is 1.01. The minimum Gasteiger partial charge on any atom is -0.465 e. The first-order valence-corrected chi connectivity index (χ1v) is 9.18. The summed E-state index contributed by atoms with van der Waals surface area (Å²) in [5.41, 5.74) is 0.906. The summed E-state index contributed by atoms with van der Waals surface area (Å²) in [7, 11) is 2.52. The van der Waals surface area contributed by atoms with Gasteiger partial charge in [0.05, 0.1) is 19.8 Å². The fourth-order valence-corrected chi connectivity index (χ4v) is 3.80. The summed E-state index contributed by atoms with van der Waals surface area (Å²) in [4.78, 5) is 37.3. The Morgan fingerprint density at radius 3 is 2.19 bits per heavy atom. The van der Waals surface area contributed by atoms with Crippen LogP contribution < -0.4 is 5.32 Å². The van der Waals surface area contributed by atoms with E-state index in [0.29, 0.717) is 12.0 Å². The van der Waals surface area contributed by atoms with Crippen LogP contribution in [0.5, 0.6) is 0 Å². The van der Waals surface area contributed by atoms with E-state index < -0.39 is 17.4 Å². The van der Waals surface area contributed by atoms with Crippen LogP contribution >= 0.6 is 11.3 Å². The lowest BCUT2D eigenvalue weighted by Crippen LogP contribution is -2.33. The molecule has 0 spiro atoms. The van der Waals surface area contributed by atoms with Crippen LogP contribution in [0.1, 0.15) is 45.0 Å². The average molecular weight is 389 g/mol. The number of benzene rings is 1. The van der Waals surface area contributed by atoms with Gasteiger partial charge in [0.15, 0.2) is 0 Å². The van der Waals surface area contributed by atoms with Crippen LogP contribution in [0.2, 0.25) is 0 Å². The van der Waals surface area contributed by atoms with Gasteiger partial charge < -0.3 is 14.8 Å². The van der Waals surface area contributed by atoms with Gasteiger partial charge in [0.1, 0.15) is 9.88 Å². The van der Waals surface area contributed by atoms with E-state index in [2.05, 4.69) is 5.32 Å². The van der Waals surface area contributed by atoms with Crippen LogP contribution in [-0.2, 0) is 20.7 Å². The Bertz CT molecular complexity index is 855. The van der Waals surface area contributed by atoms with E-state index in [9.17, 15) is 14.4 Å². The number of thiophene rings is 1. The first-order valence-electron chi connectivity index (χ1n) is 8.36. The molecule has 0 radical (unpaired) electrons. The first-order chi connectivity index (χ1) is 12.7. The van der Waals surface area contributed by atoms with Gasteiger partial charge in [-0.3, -0.25) is 4.79 Å². The zero-order valence-corrected chi connectivity index (χ0v) is 16.9. The summed E-state index contributed by atoms with van der Waals surface area (Å²) in [6.45, 7) is 5.28. The molecule has 1 aromatic heterocycles. The molecule has 0 saturated heterocycles. The third kappa shape index (κ3) is 4.54. The highest BCUT2D eigenvalue weighted by atomic mass is 32.1. The maximum Gasteiger partial charge on any atom is 0.348 e. The van der Waals surface area contributed by atoms with Crippen molar-refractivity contribution >= 4 is 34.2 Å². The number of esters is 2. The molecule has 1 heterocycles. The van der Waals surface area contributed by atoms with Gasteiger partial charge in [-0.15, -0.1) is 11.3 Å². The number of ether oxygens (including phenoxy) is 2. The van der Waals surface area contributed by atoms with E-state index in [-0.39, 0.29) is 21.3 Å². The van der Waals surface area contributed by atoms with Crippen molar-refractivity contribution in [2.45, 2.75) is 27.2 Å². The Hall–Kier alpha value is -2.67. The number of hydrogen-bond donors (Lipinski definition) is 1. The van der Waals surface area contributed by atoms with Gasteiger partial charge >= 0.3 is 11.9 Å². The number of nitrogens with one attached hydrogen (secondary N) is 1. The van der Waals surface area contributed by atoms with E-state index in [4.69, 9.17) is 9.47 Å². The minimum absolute atomic E-state index is 0.173. The van der Waals surface area contributed by atoms with Crippen LogP contribution in [0.25, 0.3) is 0 Å². The molecule has 1 N–H and O–H groups in total. The normalized spacial score (nSPS) is 11.0. The van der Waals surface area contributed by atoms with Crippen molar-refractivity contribution in [1.29, 1.82) is 0 Å². The van der Waals surface area contributed by atoms with Crippen LogP contribution in [0.3, 0.4) is 0 Å². The molecule has 6 nitrogen and oxygen atoms in total. The predicted molar refractivity (Wildman–Crippen MR) is 104 cm³/mol. The van der Waals surface area contributed by atoms with E-state index in [1.807, 2.05) is 44.2 Å². The molecule has 0 saturated carbocycles. The quantitative estimate of drug-likeness (QED) is 0.759. The SMILES string of the molecule is COC(=O)c1sc(NC(=O)C(C)(C)Cc2ccccc2)c(C(=O)OC)c1C. The Kier molecular flexibility index (Phi) is 6.38. The van der Waals surface area contributed by atoms with Crippen LogP contribution in [0.4, 0.5) is 5.00 Å². The smallest absolute Gasteiger partial charge is 0.348 e. The summed E-state index contributed by atoms with van der Waals surface area (Å²) in [6.07, 6.45) is 0.529. The third-order valence-electron chi connectivity index (χ3n) is 4.24. The summed E-state index contributed by atoms with van der Waals surface area (Å²) in [5, 5.41) is 3.08. The van der Waals surface area contributed by atoms with Crippen molar-refractivity contribution in [3.05, 3.63) is 51.9 Å². The van der Waals surface area contributed by atoms with Crippen molar-refractivity contribution in [3.8, 4) is 0 Å². The Labute approximate surface area is 162 Å². The van der Waals surface area contributed by atoms with Gasteiger partial charge in [-0.25, -0.2) is 9.59 Å². The zero-order valence-electron chi connectivity index (χ0n) is 16.0. The van der Waals surface area contributed by atoms with Gasteiger partial charge in [-0.05, 0) is 24.5 Å². The van der Waals surface area contributed by atoms with E-state index in [0.717, 1.165) is 16.9 Å². The van der Waals surface area contributed by atoms with Gasteiger partial charge in [-0.2, -0.15) is 0 Å². The van der Waals surface area contributed by atoms with Crippen molar-refractivity contribution in [3.63, 3.8) is 0 Å². The Morgan fingerprint density at radius 1 is 1.04 bits per heavy atom. The molecular weight excluding hydrogens is 366 g/mol. The fraction of sp³-hybridized carbons (Fsp3) is 0.350. The maximum absolute atomic E-state index is 12.9. The minimum atomic E-state index is -0.724. The second-order valence-corrected chi connectivity index (χ2v) is 7.76. The second kappa shape index (κ2) is 8.35. The van der Waals surface area contributed by atoms with E-state index >= 15 is 0 Å². The Morgan fingerprint density at radius 2 is 1.63 bits per heavy atom. The first kappa shape index (κ1) is 20.6. The topological polar surface area (TPSA) is 81.7 Å². The number of amides is 1. The molecule has 0 bridgehead atoms. The van der Waals surface area contributed by atoms with Crippen LogP contribution in [0.15, 0.2) is 30.3 Å². The molecule has 2 rings (SSSR count). The number of methoxy groups -OCH3 is 2. The lowest BCUT2D eigenvalue weighted by Gasteiger charge is -2.23. The highest BCUT2D eigenvalue weighted by Gasteiger charge is 2.32. The number of hydrogen-bond acceptors (Lipinski definition) is 6. The van der Waals surface area contributed by atoms with Gasteiger partial charge in [0, 0.05) is 5.41 Å². The molecule has 0 fully saturated rings. The maximum atomic E-state index is 12.9. The molecule has 0 aliphatic rings. The summed E-state index contributed by atoms with van der Waals surface area (Å²) in [6, 6.07) is 9.68. The molecular formula is C20H23NO5S. The molecule has 7 heteroatoms. The lowest BCUT2D eigenvalue weighted by atomic mass is 9.85. The fourth-order valence-electron chi connectivity index (χ4n) is 2.70. The van der Waals surface area contributed by atoms with Crippen molar-refractivity contribution < 1.29 is 23.9 Å². The van der Waals surface area contributed by atoms with Crippen molar-refractivity contribution in [1.82, 2.24) is 0 Å². The largest absolute Gasteiger partial charge is 0.465 e. The van der Waals surface area contributed by atoms with Crippen LogP contribution in [-0.4, -0.2) is 32.1 Å². The summed E-state index contributed by atoms with van der Waals surface area (Å²) in [5.74, 6) is -1.43. The molecule has 0 aliphatic heterocycles. The molecule has 0 unspecified atom stereocenters. The molecule has 144 valence electrons. The lowest BCUT2D eigenvalue weighted by molar-refractivity contribution is -0.123. The molecule has 1 amide bonds. The Balaban J connectivity index is 2.33. The summed E-state index contributed by atoms with van der Waals surface area (Å²) < 4.78 is 9.57. The van der Waals surface area contributed by atoms with Gasteiger partial charge in [0.25, 0.3) is 0 Å². The number of carbonyl (C=O) groups is 3.